The van der Waals surface area contributed by atoms with Crippen LogP contribution in [0.1, 0.15) is 4.88 Å². The van der Waals surface area contributed by atoms with Gasteiger partial charge in [0.15, 0.2) is 5.17 Å². The molecular weight excluding hydrogens is 396 g/mol. The number of carbonyl (C=O) groups excluding carboxylic acids is 1. The lowest BCUT2D eigenvalue weighted by molar-refractivity contribution is -0.121. The van der Waals surface area contributed by atoms with Crippen LogP contribution in [-0.2, 0) is 4.79 Å². The summed E-state index contributed by atoms with van der Waals surface area (Å²) in [7, 11) is 1.76. The predicted octanol–water partition coefficient (Wildman–Crippen LogP) is 6.30. The maximum Gasteiger partial charge on any atom is 0.266 e. The molecule has 2 heterocycles. The van der Waals surface area contributed by atoms with E-state index in [1.165, 1.54) is 11.8 Å². The van der Waals surface area contributed by atoms with Gasteiger partial charge < -0.3 is 0 Å². The SMILES string of the molecule is CN1C(=O)/C(=C/c2ccc(-c3ccc(Cl)cc3)s2)S/C1=N/c1ccccc1. The van der Waals surface area contributed by atoms with Crippen LogP contribution in [0.5, 0.6) is 0 Å². The Balaban J connectivity index is 1.58. The lowest BCUT2D eigenvalue weighted by Gasteiger charge is -2.06. The number of aliphatic imine (C=N–C) groups is 1. The fourth-order valence-corrected chi connectivity index (χ4v) is 4.73. The Morgan fingerprint density at radius 3 is 2.48 bits per heavy atom. The second-order valence-electron chi connectivity index (χ2n) is 5.91. The van der Waals surface area contributed by atoms with Gasteiger partial charge in [0.25, 0.3) is 5.91 Å². The average Bonchev–Trinajstić information content (AvgIpc) is 3.24. The van der Waals surface area contributed by atoms with Gasteiger partial charge in [-0.15, -0.1) is 11.3 Å². The predicted molar refractivity (Wildman–Crippen MR) is 117 cm³/mol. The number of rotatable bonds is 3. The van der Waals surface area contributed by atoms with Crippen LogP contribution in [0.3, 0.4) is 0 Å². The number of benzene rings is 2. The number of nitrogens with zero attached hydrogens (tertiary/aromatic N) is 2. The van der Waals surface area contributed by atoms with Crippen molar-refractivity contribution in [3.8, 4) is 10.4 Å². The quantitative estimate of drug-likeness (QED) is 0.474. The Bertz CT molecular complexity index is 1040. The third kappa shape index (κ3) is 4.00. The number of para-hydroxylation sites is 1. The Kier molecular flexibility index (Phi) is 5.16. The molecule has 27 heavy (non-hydrogen) atoms. The van der Waals surface area contributed by atoms with E-state index in [1.807, 2.05) is 66.7 Å². The average molecular weight is 411 g/mol. The molecule has 0 unspecified atom stereocenters. The van der Waals surface area contributed by atoms with E-state index in [9.17, 15) is 4.79 Å². The van der Waals surface area contributed by atoms with Crippen molar-refractivity contribution in [1.82, 2.24) is 4.90 Å². The monoisotopic (exact) mass is 410 g/mol. The number of likely N-dealkylation sites (N-methyl/N-ethyl adjacent to an activating group) is 1. The molecule has 1 saturated heterocycles. The summed E-state index contributed by atoms with van der Waals surface area (Å²) >= 11 is 9.00. The molecule has 1 aliphatic rings. The number of thioether (sulfide) groups is 1. The number of hydrogen-bond acceptors (Lipinski definition) is 4. The van der Waals surface area contributed by atoms with Crippen molar-refractivity contribution in [2.75, 3.05) is 7.05 Å². The molecule has 3 aromatic rings. The number of thiophene rings is 1. The first kappa shape index (κ1) is 18.0. The molecule has 1 aromatic heterocycles. The van der Waals surface area contributed by atoms with Gasteiger partial charge in [-0.05, 0) is 59.8 Å². The highest BCUT2D eigenvalue weighted by atomic mass is 35.5. The van der Waals surface area contributed by atoms with Crippen molar-refractivity contribution in [3.05, 3.63) is 81.5 Å². The normalized spacial score (nSPS) is 17.3. The van der Waals surface area contributed by atoms with Crippen LogP contribution < -0.4 is 0 Å². The van der Waals surface area contributed by atoms with Crippen LogP contribution in [0.4, 0.5) is 5.69 Å². The summed E-state index contributed by atoms with van der Waals surface area (Å²) in [5, 5.41) is 1.41. The van der Waals surface area contributed by atoms with Crippen LogP contribution in [0, 0.1) is 0 Å². The van der Waals surface area contributed by atoms with Gasteiger partial charge in [-0.1, -0.05) is 41.9 Å². The molecule has 0 radical (unpaired) electrons. The van der Waals surface area contributed by atoms with Crippen molar-refractivity contribution in [2.45, 2.75) is 0 Å². The highest BCUT2D eigenvalue weighted by Crippen LogP contribution is 2.36. The first-order chi connectivity index (χ1) is 13.1. The largest absolute Gasteiger partial charge is 0.290 e. The van der Waals surface area contributed by atoms with Gasteiger partial charge in [-0.2, -0.15) is 0 Å². The molecule has 0 bridgehead atoms. The van der Waals surface area contributed by atoms with Gasteiger partial charge in [0.2, 0.25) is 0 Å². The summed E-state index contributed by atoms with van der Waals surface area (Å²) in [6.45, 7) is 0. The van der Waals surface area contributed by atoms with Crippen LogP contribution in [-0.4, -0.2) is 23.0 Å². The van der Waals surface area contributed by atoms with E-state index in [0.29, 0.717) is 10.1 Å². The van der Waals surface area contributed by atoms with E-state index >= 15 is 0 Å². The summed E-state index contributed by atoms with van der Waals surface area (Å²) in [5.41, 5.74) is 1.95. The molecule has 0 atom stereocenters. The van der Waals surface area contributed by atoms with E-state index < -0.39 is 0 Å². The van der Waals surface area contributed by atoms with Crippen LogP contribution in [0.15, 0.2) is 76.6 Å². The maximum absolute atomic E-state index is 12.6. The molecule has 3 nitrogen and oxygen atoms in total. The van der Waals surface area contributed by atoms with Gasteiger partial charge in [0, 0.05) is 21.8 Å². The molecule has 0 spiro atoms. The van der Waals surface area contributed by atoms with Crippen molar-refractivity contribution in [1.29, 1.82) is 0 Å². The second kappa shape index (κ2) is 7.72. The van der Waals surface area contributed by atoms with Crippen molar-refractivity contribution in [2.24, 2.45) is 4.99 Å². The van der Waals surface area contributed by atoms with Gasteiger partial charge in [-0.25, -0.2) is 4.99 Å². The third-order valence-corrected chi connectivity index (χ3v) is 6.41. The van der Waals surface area contributed by atoms with Crippen LogP contribution in [0.2, 0.25) is 5.02 Å². The van der Waals surface area contributed by atoms with E-state index in [-0.39, 0.29) is 5.91 Å². The number of amidine groups is 1. The minimum absolute atomic E-state index is 0.0314. The molecule has 1 aliphatic heterocycles. The van der Waals surface area contributed by atoms with Gasteiger partial charge >= 0.3 is 0 Å². The number of carbonyl (C=O) groups is 1. The van der Waals surface area contributed by atoms with Crippen molar-refractivity contribution in [3.63, 3.8) is 0 Å². The highest BCUT2D eigenvalue weighted by molar-refractivity contribution is 8.18. The Hall–Kier alpha value is -2.34. The zero-order valence-corrected chi connectivity index (χ0v) is 16.8. The first-order valence-electron chi connectivity index (χ1n) is 8.27. The minimum atomic E-state index is -0.0314. The minimum Gasteiger partial charge on any atom is -0.290 e. The fraction of sp³-hybridized carbons (Fsp3) is 0.0476. The molecule has 0 saturated carbocycles. The lowest BCUT2D eigenvalue weighted by Crippen LogP contribution is -2.23. The highest BCUT2D eigenvalue weighted by Gasteiger charge is 2.30. The summed E-state index contributed by atoms with van der Waals surface area (Å²) in [6, 6.07) is 21.5. The number of hydrogen-bond donors (Lipinski definition) is 0. The molecule has 134 valence electrons. The summed E-state index contributed by atoms with van der Waals surface area (Å²) in [5.74, 6) is -0.0314. The number of halogens is 1. The second-order valence-corrected chi connectivity index (χ2v) is 8.47. The topological polar surface area (TPSA) is 32.7 Å². The standard InChI is InChI=1S/C21H15ClN2OS2/c1-24-20(25)19(27-21(24)23-16-5-3-2-4-6-16)13-17-11-12-18(26-17)14-7-9-15(22)10-8-14/h2-13H,1H3/b19-13-,23-21+. The lowest BCUT2D eigenvalue weighted by atomic mass is 10.2. The maximum atomic E-state index is 12.6. The molecule has 0 N–H and O–H groups in total. The van der Waals surface area contributed by atoms with E-state index in [1.54, 1.807) is 23.3 Å². The Morgan fingerprint density at radius 2 is 1.74 bits per heavy atom. The molecular formula is C21H15ClN2OS2. The van der Waals surface area contributed by atoms with Crippen molar-refractivity contribution < 1.29 is 4.79 Å². The summed E-state index contributed by atoms with van der Waals surface area (Å²) in [4.78, 5) is 21.6. The zero-order chi connectivity index (χ0) is 18.8. The Labute approximate surface area is 171 Å². The van der Waals surface area contributed by atoms with Gasteiger partial charge in [0.05, 0.1) is 10.6 Å². The van der Waals surface area contributed by atoms with Gasteiger partial charge in [0.1, 0.15) is 0 Å². The van der Waals surface area contributed by atoms with E-state index in [2.05, 4.69) is 11.1 Å². The van der Waals surface area contributed by atoms with E-state index in [0.717, 1.165) is 26.0 Å². The fourth-order valence-electron chi connectivity index (χ4n) is 2.59. The van der Waals surface area contributed by atoms with Gasteiger partial charge in [-0.3, -0.25) is 9.69 Å². The molecule has 6 heteroatoms. The smallest absolute Gasteiger partial charge is 0.266 e. The molecule has 4 rings (SSSR count). The molecule has 1 amide bonds. The number of amides is 1. The zero-order valence-electron chi connectivity index (χ0n) is 14.4. The van der Waals surface area contributed by atoms with Crippen molar-refractivity contribution >= 4 is 57.5 Å². The van der Waals surface area contributed by atoms with E-state index in [4.69, 9.17) is 11.6 Å². The van der Waals surface area contributed by atoms with Crippen LogP contribution >= 0.6 is 34.7 Å². The third-order valence-electron chi connectivity index (χ3n) is 4.01. The molecule has 2 aromatic carbocycles. The first-order valence-corrected chi connectivity index (χ1v) is 10.3. The Morgan fingerprint density at radius 1 is 1.00 bits per heavy atom. The molecule has 1 fully saturated rings. The summed E-state index contributed by atoms with van der Waals surface area (Å²) in [6.07, 6.45) is 1.93. The molecule has 0 aliphatic carbocycles. The summed E-state index contributed by atoms with van der Waals surface area (Å²) < 4.78 is 0. The van der Waals surface area contributed by atoms with Crippen LogP contribution in [0.25, 0.3) is 16.5 Å².